The molecule has 0 aromatic rings. The molecule has 0 saturated heterocycles. The van der Waals surface area contributed by atoms with Crippen molar-refractivity contribution in [2.45, 2.75) is 32.4 Å². The largest absolute Gasteiger partial charge is 0.480 e. The first-order chi connectivity index (χ1) is 6.56. The Morgan fingerprint density at radius 3 is 2.21 bits per heavy atom. The van der Waals surface area contributed by atoms with E-state index in [9.17, 15) is 4.79 Å². The van der Waals surface area contributed by atoms with Crippen LogP contribution in [0.3, 0.4) is 0 Å². The highest BCUT2D eigenvalue weighted by atomic mass is 32.2. The van der Waals surface area contributed by atoms with Crippen molar-refractivity contribution in [2.24, 2.45) is 0 Å². The van der Waals surface area contributed by atoms with Gasteiger partial charge in [0.2, 0.25) is 0 Å². The van der Waals surface area contributed by atoms with Gasteiger partial charge in [0, 0.05) is 13.1 Å². The van der Waals surface area contributed by atoms with Gasteiger partial charge in [-0.15, -0.1) is 0 Å². The fourth-order valence-electron chi connectivity index (χ4n) is 1.09. The molecule has 0 rings (SSSR count). The molecule has 1 unspecified atom stereocenters. The Hall–Kier alpha value is -0.290. The Labute approximate surface area is 94.9 Å². The number of rotatable bonds is 5. The summed E-state index contributed by atoms with van der Waals surface area (Å²) in [4.78, 5) is 12.8. The maximum atomic E-state index is 10.8. The second kappa shape index (κ2) is 7.06. The van der Waals surface area contributed by atoms with Gasteiger partial charge in [0.1, 0.15) is 4.32 Å². The van der Waals surface area contributed by atoms with Crippen LogP contribution >= 0.6 is 24.0 Å². The van der Waals surface area contributed by atoms with Gasteiger partial charge < -0.3 is 10.0 Å². The van der Waals surface area contributed by atoms with E-state index in [4.69, 9.17) is 17.3 Å². The van der Waals surface area contributed by atoms with E-state index >= 15 is 0 Å². The molecule has 0 aliphatic carbocycles. The van der Waals surface area contributed by atoms with E-state index in [1.165, 1.54) is 0 Å². The van der Waals surface area contributed by atoms with Crippen LogP contribution in [0.4, 0.5) is 0 Å². The number of carboxylic acids is 1. The van der Waals surface area contributed by atoms with Crippen LogP contribution in [-0.4, -0.2) is 38.6 Å². The van der Waals surface area contributed by atoms with Crippen LogP contribution in [0.5, 0.6) is 0 Å². The number of carboxylic acid groups (broad SMARTS) is 1. The summed E-state index contributed by atoms with van der Waals surface area (Å²) in [5, 5.41) is 8.58. The molecule has 0 aromatic carbocycles. The normalized spacial score (nSPS) is 13.6. The quantitative estimate of drug-likeness (QED) is 0.739. The van der Waals surface area contributed by atoms with Crippen molar-refractivity contribution in [1.82, 2.24) is 4.90 Å². The third-order valence-electron chi connectivity index (χ3n) is 2.05. The van der Waals surface area contributed by atoms with Crippen molar-refractivity contribution in [3.05, 3.63) is 0 Å². The molecule has 0 amide bonds. The van der Waals surface area contributed by atoms with Crippen molar-refractivity contribution < 1.29 is 9.90 Å². The maximum Gasteiger partial charge on any atom is 0.315 e. The number of hydrogen-bond donors (Lipinski definition) is 1. The van der Waals surface area contributed by atoms with Gasteiger partial charge in [0.15, 0.2) is 0 Å². The summed E-state index contributed by atoms with van der Waals surface area (Å²) in [5.41, 5.74) is 0. The summed E-state index contributed by atoms with van der Waals surface area (Å²) in [6, 6.07) is 0. The monoisotopic (exact) mass is 237 g/mol. The maximum absolute atomic E-state index is 10.8. The first kappa shape index (κ1) is 13.7. The van der Waals surface area contributed by atoms with Gasteiger partial charge in [-0.25, -0.2) is 11.8 Å². The second-order valence-electron chi connectivity index (χ2n) is 2.92. The van der Waals surface area contributed by atoms with E-state index in [1.807, 2.05) is 25.7 Å². The molecule has 0 aliphatic heterocycles. The summed E-state index contributed by atoms with van der Waals surface area (Å²) in [7, 11) is 0. The van der Waals surface area contributed by atoms with E-state index < -0.39 is 5.97 Å². The molecule has 84 valence electrons. The lowest BCUT2D eigenvalue weighted by atomic mass is 10.3. The zero-order chi connectivity index (χ0) is 11.1. The number of aliphatic carboxylic acids is 1. The van der Waals surface area contributed by atoms with Gasteiger partial charge in [0.25, 0.3) is 0 Å². The average molecular weight is 237 g/mol. The van der Waals surface area contributed by atoms with Gasteiger partial charge in [0.05, 0.1) is 5.25 Å². The molecule has 0 radical (unpaired) electrons. The predicted octanol–water partition coefficient (Wildman–Crippen LogP) is 1.67. The smallest absolute Gasteiger partial charge is 0.315 e. The van der Waals surface area contributed by atoms with Crippen LogP contribution in [-0.2, 0) is 4.79 Å². The van der Waals surface area contributed by atoms with Crippen LogP contribution in [0.25, 0.3) is 0 Å². The third-order valence-corrected chi connectivity index (χ3v) is 4.23. The molecule has 0 saturated carbocycles. The van der Waals surface area contributed by atoms with Crippen LogP contribution in [0.2, 0.25) is 0 Å². The summed E-state index contributed by atoms with van der Waals surface area (Å²) >= 11 is 5.44. The molecule has 0 heterocycles. The lowest BCUT2D eigenvalue weighted by molar-refractivity contribution is -0.136. The zero-order valence-corrected chi connectivity index (χ0v) is 10.7. The number of thiocarbonyl (C=S) groups is 1. The van der Waals surface area contributed by atoms with E-state index in [1.54, 1.807) is 0 Å². The third kappa shape index (κ3) is 4.28. The second-order valence-corrected chi connectivity index (χ2v) is 5.13. The summed E-state index contributed by atoms with van der Waals surface area (Å²) in [6.07, 6.45) is 0.648. The molecular weight excluding hydrogens is 218 g/mol. The summed E-state index contributed by atoms with van der Waals surface area (Å²) in [5.74, 6) is -0.736. The number of carbonyl (C=O) groups is 1. The predicted molar refractivity (Wildman–Crippen MR) is 67.6 cm³/mol. The standard InChI is InChI=1S/C9H19NO2S2/c1-4-7(8(11)12)14-9(13)10(5-2)6-3/h7H,4-6,14H2,1-3H3,(H,11,12). The molecule has 0 spiro atoms. The van der Waals surface area contributed by atoms with Gasteiger partial charge >= 0.3 is 5.97 Å². The van der Waals surface area contributed by atoms with Crippen molar-refractivity contribution >= 4 is 34.3 Å². The van der Waals surface area contributed by atoms with Crippen molar-refractivity contribution in [3.8, 4) is 0 Å². The molecule has 14 heavy (non-hydrogen) atoms. The minimum absolute atomic E-state index is 0.229. The topological polar surface area (TPSA) is 40.5 Å². The van der Waals surface area contributed by atoms with Gasteiger partial charge in [-0.05, 0) is 20.3 Å². The Bertz CT molecular complexity index is 205. The van der Waals surface area contributed by atoms with Crippen molar-refractivity contribution in [2.75, 3.05) is 13.1 Å². The Kier molecular flexibility index (Phi) is 6.92. The Morgan fingerprint density at radius 1 is 1.43 bits per heavy atom. The summed E-state index contributed by atoms with van der Waals surface area (Å²) in [6.45, 7) is 7.66. The molecule has 1 N–H and O–H groups in total. The minimum atomic E-state index is -0.736. The fraction of sp³-hybridized carbons (Fsp3) is 0.778. The minimum Gasteiger partial charge on any atom is -0.480 e. The van der Waals surface area contributed by atoms with Gasteiger partial charge in [-0.3, -0.25) is 4.79 Å². The highest BCUT2D eigenvalue weighted by Gasteiger charge is 2.17. The molecule has 1 atom stereocenters. The van der Waals surface area contributed by atoms with Crippen molar-refractivity contribution in [3.63, 3.8) is 0 Å². The summed E-state index contributed by atoms with van der Waals surface area (Å²) < 4.78 is 0.796. The first-order valence-electron chi connectivity index (χ1n) is 4.84. The molecule has 5 heteroatoms. The average Bonchev–Trinajstić information content (AvgIpc) is 2.15. The lowest BCUT2D eigenvalue weighted by Gasteiger charge is -2.24. The van der Waals surface area contributed by atoms with Crippen LogP contribution in [0, 0.1) is 0 Å². The SMILES string of the molecule is CCC([SH2]C(=S)N(CC)CC)C(=O)O. The zero-order valence-electron chi connectivity index (χ0n) is 8.91. The fourth-order valence-corrected chi connectivity index (χ4v) is 2.90. The van der Waals surface area contributed by atoms with Crippen LogP contribution < -0.4 is 0 Å². The van der Waals surface area contributed by atoms with Crippen LogP contribution in [0.1, 0.15) is 27.2 Å². The molecular formula is C9H19NO2S2. The van der Waals surface area contributed by atoms with Crippen LogP contribution in [0.15, 0.2) is 0 Å². The van der Waals surface area contributed by atoms with E-state index in [-0.39, 0.29) is 17.0 Å². The highest BCUT2D eigenvalue weighted by molar-refractivity contribution is 8.23. The van der Waals surface area contributed by atoms with Crippen molar-refractivity contribution in [1.29, 1.82) is 0 Å². The Morgan fingerprint density at radius 2 is 1.93 bits per heavy atom. The van der Waals surface area contributed by atoms with E-state index in [0.29, 0.717) is 6.42 Å². The van der Waals surface area contributed by atoms with E-state index in [2.05, 4.69) is 0 Å². The molecule has 0 aliphatic rings. The van der Waals surface area contributed by atoms with Gasteiger partial charge in [-0.2, -0.15) is 0 Å². The van der Waals surface area contributed by atoms with Gasteiger partial charge in [-0.1, -0.05) is 19.1 Å². The molecule has 0 bridgehead atoms. The molecule has 0 aromatic heterocycles. The number of hydrogen-bond acceptors (Lipinski definition) is 2. The first-order valence-corrected chi connectivity index (χ1v) is 6.33. The van der Waals surface area contributed by atoms with E-state index in [0.717, 1.165) is 17.4 Å². The number of nitrogens with zero attached hydrogens (tertiary/aromatic N) is 1. The lowest BCUT2D eigenvalue weighted by Crippen LogP contribution is -2.29. The highest BCUT2D eigenvalue weighted by Crippen LogP contribution is 2.19. The molecule has 3 nitrogen and oxygen atoms in total. The molecule has 0 fully saturated rings. The Balaban J connectivity index is 4.20.